The molecule has 0 heterocycles. The molecule has 0 aliphatic carbocycles. The average Bonchev–Trinajstić information content (AvgIpc) is 3.13. The van der Waals surface area contributed by atoms with Crippen molar-refractivity contribution in [2.45, 2.75) is 90.3 Å². The fourth-order valence-electron chi connectivity index (χ4n) is 5.04. The first-order valence-electron chi connectivity index (χ1n) is 17.6. The van der Waals surface area contributed by atoms with Crippen LogP contribution in [-0.2, 0) is 38.4 Å². The zero-order valence-corrected chi connectivity index (χ0v) is 31.5. The van der Waals surface area contributed by atoms with E-state index in [1.807, 2.05) is 26.0 Å². The lowest BCUT2D eigenvalue weighted by molar-refractivity contribution is -0.139. The zero-order chi connectivity index (χ0) is 39.4. The highest BCUT2D eigenvalue weighted by Crippen LogP contribution is 2.17. The van der Waals surface area contributed by atoms with Crippen LogP contribution in [-0.4, -0.2) is 90.8 Å². The quantitative estimate of drug-likeness (QED) is 0.172. The first kappa shape index (κ1) is 45.0. The summed E-state index contributed by atoms with van der Waals surface area (Å²) in [5.41, 5.74) is 6.95. The molecule has 0 bridgehead atoms. The van der Waals surface area contributed by atoms with Gasteiger partial charge >= 0.3 is 0 Å². The van der Waals surface area contributed by atoms with Crippen molar-refractivity contribution >= 4 is 46.8 Å². The number of amides is 4. The number of hydrogen-bond acceptors (Lipinski definition) is 9. The molecule has 0 aromatic heterocycles. The minimum Gasteiger partial charge on any atom is -0.347 e. The van der Waals surface area contributed by atoms with Gasteiger partial charge in [-0.05, 0) is 24.0 Å². The van der Waals surface area contributed by atoms with E-state index in [-0.39, 0.29) is 43.4 Å². The average molecular weight is 722 g/mol. The number of ketones is 4. The van der Waals surface area contributed by atoms with Gasteiger partial charge in [0.15, 0.2) is 5.78 Å². The molecule has 0 saturated heterocycles. The molecule has 0 aliphatic rings. The van der Waals surface area contributed by atoms with Gasteiger partial charge in [0.05, 0.1) is 6.04 Å². The predicted molar refractivity (Wildman–Crippen MR) is 197 cm³/mol. The van der Waals surface area contributed by atoms with Gasteiger partial charge in [-0.3, -0.25) is 38.4 Å². The van der Waals surface area contributed by atoms with Gasteiger partial charge < -0.3 is 26.2 Å². The largest absolute Gasteiger partial charge is 0.347 e. The molecule has 4 atom stereocenters. The minimum absolute atomic E-state index is 0.118. The topological polar surface area (TPSA) is 193 Å². The van der Waals surface area contributed by atoms with Crippen LogP contribution in [0.25, 0.3) is 0 Å². The number of hydrogen-bond donors (Lipinski definition) is 3. The van der Waals surface area contributed by atoms with Crippen molar-refractivity contribution in [1.29, 1.82) is 0 Å². The Balaban J connectivity index is 0.000000520. The van der Waals surface area contributed by atoms with E-state index in [1.165, 1.54) is 9.80 Å². The van der Waals surface area contributed by atoms with E-state index >= 15 is 0 Å². The molecule has 0 radical (unpaired) electrons. The molecule has 4 amide bonds. The van der Waals surface area contributed by atoms with Crippen LogP contribution in [0.5, 0.6) is 0 Å². The number of Topliss-reactive ketones (excluding diaryl/α,β-unsaturated/α-hetero) is 4. The molecule has 13 nitrogen and oxygen atoms in total. The predicted octanol–water partition coefficient (Wildman–Crippen LogP) is 3.26. The van der Waals surface area contributed by atoms with Crippen LogP contribution in [0.3, 0.4) is 0 Å². The number of rotatable bonds is 20. The standard InChI is InChI=1S/C20H28N2O4.C19H27N3O4/c1-5-9-14(2)19(25)16(23)12-13-17(24)21-18(20(26)22(3)4)15-10-7-6-8-11-15;1-4-8-14(20)18(25)15(23)11-12-16(24)21-17(19(26)22(2)3)13-9-6-5-7-10-13/h6-8,10-11,14,18H,5,9,12-13H2,1-4H3,(H,21,24);5-7,9-10,14,17H,4,8,11-12,20H2,1-3H3,(H,21,24)/t14?,18-;14?,17-/m00/s1. The number of carbonyl (C=O) groups excluding carboxylic acids is 8. The SMILES string of the molecule is CCCC(C)C(=O)C(=O)CCC(=O)N[C@H](C(=O)N(C)C)c1ccccc1.CCCC(N)C(=O)C(=O)CCC(=O)N[C@H](C(=O)N(C)C)c1ccccc1. The summed E-state index contributed by atoms with van der Waals surface area (Å²) in [6.45, 7) is 5.55. The van der Waals surface area contributed by atoms with Crippen molar-refractivity contribution in [3.8, 4) is 0 Å². The molecule has 0 aliphatic heterocycles. The molecule has 0 saturated carbocycles. The van der Waals surface area contributed by atoms with Crippen LogP contribution in [0.2, 0.25) is 0 Å². The summed E-state index contributed by atoms with van der Waals surface area (Å²) in [6.07, 6.45) is 1.96. The van der Waals surface area contributed by atoms with Gasteiger partial charge in [-0.2, -0.15) is 0 Å². The Morgan fingerprint density at radius 2 is 0.942 bits per heavy atom. The second-order valence-electron chi connectivity index (χ2n) is 12.9. The minimum atomic E-state index is -0.841. The molecule has 13 heteroatoms. The van der Waals surface area contributed by atoms with Gasteiger partial charge in [0, 0.05) is 59.8 Å². The molecule has 284 valence electrons. The van der Waals surface area contributed by atoms with Crippen LogP contribution >= 0.6 is 0 Å². The van der Waals surface area contributed by atoms with E-state index in [0.29, 0.717) is 30.4 Å². The first-order valence-corrected chi connectivity index (χ1v) is 17.6. The molecule has 2 aromatic carbocycles. The van der Waals surface area contributed by atoms with Crippen molar-refractivity contribution in [3.05, 3.63) is 71.8 Å². The lowest BCUT2D eigenvalue weighted by Crippen LogP contribution is -2.40. The van der Waals surface area contributed by atoms with E-state index in [1.54, 1.807) is 83.6 Å². The van der Waals surface area contributed by atoms with Gasteiger partial charge in [-0.25, -0.2) is 0 Å². The van der Waals surface area contributed by atoms with E-state index in [4.69, 9.17) is 5.73 Å². The van der Waals surface area contributed by atoms with Crippen LogP contribution in [0.15, 0.2) is 60.7 Å². The Labute approximate surface area is 307 Å². The van der Waals surface area contributed by atoms with E-state index in [9.17, 15) is 38.4 Å². The van der Waals surface area contributed by atoms with Gasteiger partial charge in [-0.1, -0.05) is 94.3 Å². The molecule has 4 N–H and O–H groups in total. The van der Waals surface area contributed by atoms with Gasteiger partial charge in [0.1, 0.15) is 12.1 Å². The third kappa shape index (κ3) is 15.5. The maximum Gasteiger partial charge on any atom is 0.249 e. The Morgan fingerprint density at radius 3 is 1.29 bits per heavy atom. The monoisotopic (exact) mass is 721 g/mol. The summed E-state index contributed by atoms with van der Waals surface area (Å²) in [7, 11) is 6.42. The van der Waals surface area contributed by atoms with Crippen molar-refractivity contribution in [3.63, 3.8) is 0 Å². The lowest BCUT2D eigenvalue weighted by Gasteiger charge is -2.22. The van der Waals surface area contributed by atoms with Crippen molar-refractivity contribution < 1.29 is 38.4 Å². The van der Waals surface area contributed by atoms with Gasteiger partial charge in [-0.15, -0.1) is 0 Å². The fraction of sp³-hybridized carbons (Fsp3) is 0.487. The van der Waals surface area contributed by atoms with Gasteiger partial charge in [0.25, 0.3) is 0 Å². The first-order chi connectivity index (χ1) is 24.5. The molecule has 2 aromatic rings. The van der Waals surface area contributed by atoms with Crippen LogP contribution in [0, 0.1) is 5.92 Å². The Bertz CT molecular complexity index is 1400. The number of carbonyl (C=O) groups is 8. The lowest BCUT2D eigenvalue weighted by atomic mass is 9.96. The summed E-state index contributed by atoms with van der Waals surface area (Å²) in [5.74, 6) is -4.03. The molecular weight excluding hydrogens is 666 g/mol. The van der Waals surface area contributed by atoms with Crippen molar-refractivity contribution in [2.75, 3.05) is 28.2 Å². The molecule has 2 unspecified atom stereocenters. The zero-order valence-electron chi connectivity index (χ0n) is 31.5. The molecule has 0 spiro atoms. The van der Waals surface area contributed by atoms with E-state index < -0.39 is 53.1 Å². The van der Waals surface area contributed by atoms with E-state index in [0.717, 1.165) is 6.42 Å². The van der Waals surface area contributed by atoms with Crippen molar-refractivity contribution in [2.24, 2.45) is 11.7 Å². The summed E-state index contributed by atoms with van der Waals surface area (Å²) < 4.78 is 0. The Hall–Kier alpha value is -5.04. The molecule has 2 rings (SSSR count). The summed E-state index contributed by atoms with van der Waals surface area (Å²) >= 11 is 0. The number of nitrogens with one attached hydrogen (secondary N) is 2. The molecule has 52 heavy (non-hydrogen) atoms. The normalized spacial score (nSPS) is 12.8. The summed E-state index contributed by atoms with van der Waals surface area (Å²) in [6, 6.07) is 15.3. The maximum atomic E-state index is 12.4. The van der Waals surface area contributed by atoms with E-state index in [2.05, 4.69) is 10.6 Å². The molecule has 0 fully saturated rings. The number of likely N-dealkylation sites (N-methyl/N-ethyl adjacent to an activating group) is 2. The van der Waals surface area contributed by atoms with Gasteiger partial charge in [0.2, 0.25) is 41.0 Å². The third-order valence-electron chi connectivity index (χ3n) is 8.07. The highest BCUT2D eigenvalue weighted by molar-refractivity contribution is 6.39. The van der Waals surface area contributed by atoms with Crippen LogP contribution in [0.4, 0.5) is 0 Å². The molecular formula is C39H55N5O8. The smallest absolute Gasteiger partial charge is 0.249 e. The highest BCUT2D eigenvalue weighted by atomic mass is 16.2. The van der Waals surface area contributed by atoms with Crippen LogP contribution in [0.1, 0.15) is 95.3 Å². The summed E-state index contributed by atoms with van der Waals surface area (Å²) in [5, 5.41) is 5.31. The number of benzene rings is 2. The second kappa shape index (κ2) is 23.4. The second-order valence-corrected chi connectivity index (χ2v) is 12.9. The third-order valence-corrected chi connectivity index (χ3v) is 8.07. The van der Waals surface area contributed by atoms with Crippen LogP contribution < -0.4 is 16.4 Å². The Kier molecular flexibility index (Phi) is 20.3. The van der Waals surface area contributed by atoms with Crippen molar-refractivity contribution in [1.82, 2.24) is 20.4 Å². The number of nitrogens with zero attached hydrogens (tertiary/aromatic N) is 2. The fourth-order valence-corrected chi connectivity index (χ4v) is 5.04. The maximum absolute atomic E-state index is 12.4. The summed E-state index contributed by atoms with van der Waals surface area (Å²) in [4.78, 5) is 99.6. The number of nitrogens with two attached hydrogens (primary N) is 1. The Morgan fingerprint density at radius 1 is 0.577 bits per heavy atom. The highest BCUT2D eigenvalue weighted by Gasteiger charge is 2.27.